The number of aliphatic hydroxyl groups is 1. The molecule has 0 atom stereocenters. The first-order valence-corrected chi connectivity index (χ1v) is 9.95. The number of rotatable bonds is 5. The van der Waals surface area contributed by atoms with Crippen LogP contribution in [-0.2, 0) is 16.1 Å². The van der Waals surface area contributed by atoms with E-state index in [1.54, 1.807) is 11.9 Å². The lowest BCUT2D eigenvalue weighted by Gasteiger charge is -2.32. The van der Waals surface area contributed by atoms with Gasteiger partial charge < -0.3 is 26.0 Å². The molecule has 4 N–H and O–H groups in total. The summed E-state index contributed by atoms with van der Waals surface area (Å²) in [6.07, 6.45) is 1.26. The van der Waals surface area contributed by atoms with Crippen molar-refractivity contribution in [1.29, 1.82) is 0 Å². The molecule has 0 unspecified atom stereocenters. The zero-order valence-electron chi connectivity index (χ0n) is 18.0. The fourth-order valence-electron chi connectivity index (χ4n) is 3.48. The molecule has 3 rings (SSSR count). The van der Waals surface area contributed by atoms with Crippen molar-refractivity contribution < 1.29 is 23.5 Å². The monoisotopic (exact) mass is 434 g/mol. The second kappa shape index (κ2) is 10.2. The quantitative estimate of drug-likeness (QED) is 0.661. The van der Waals surface area contributed by atoms with Crippen LogP contribution in [0.2, 0.25) is 0 Å². The van der Waals surface area contributed by atoms with Crippen molar-refractivity contribution in [3.63, 3.8) is 0 Å². The minimum Gasteiger partial charge on any atom is -0.505 e. The number of nitrogens with two attached hydrogens (primary N) is 1. The van der Waals surface area contributed by atoms with Gasteiger partial charge in [0.05, 0.1) is 5.57 Å². The number of hydrogen-bond donors (Lipinski definition) is 3. The van der Waals surface area contributed by atoms with Gasteiger partial charge in [0, 0.05) is 49.6 Å². The molecule has 0 spiro atoms. The number of likely N-dealkylation sites (N-methyl/N-ethyl adjacent to an activating group) is 1. The standard InChI is InChI=1S/C21H23F2N3O3.CH5N/c1-4-25(3)21(29)18-19(27)12(2)17(16-6-5-9-26(16)18)20(28)24-11-13-7-8-14(22)10-15(13)23;1-2/h7-8,10,27H,2,4-6,9,11H2,1,3H3,(H,24,28);2H2,1H3. The molecule has 2 amide bonds. The van der Waals surface area contributed by atoms with Gasteiger partial charge in [-0.1, -0.05) is 12.6 Å². The SMILES string of the molecule is C=C1C(O)=C(C(=O)N(C)CC)N2CCCC2=C1C(=O)NCc1ccc(F)cc1F.CN. The van der Waals surface area contributed by atoms with Gasteiger partial charge in [-0.15, -0.1) is 0 Å². The second-order valence-corrected chi connectivity index (χ2v) is 6.99. The maximum Gasteiger partial charge on any atom is 0.274 e. The van der Waals surface area contributed by atoms with E-state index in [9.17, 15) is 23.5 Å². The molecule has 9 heteroatoms. The molecule has 1 aromatic carbocycles. The summed E-state index contributed by atoms with van der Waals surface area (Å²) >= 11 is 0. The molecule has 0 saturated carbocycles. The van der Waals surface area contributed by atoms with Gasteiger partial charge >= 0.3 is 0 Å². The number of carbonyl (C=O) groups excluding carboxylic acids is 2. The molecule has 31 heavy (non-hydrogen) atoms. The summed E-state index contributed by atoms with van der Waals surface area (Å²) < 4.78 is 26.9. The van der Waals surface area contributed by atoms with E-state index in [2.05, 4.69) is 17.6 Å². The van der Waals surface area contributed by atoms with Crippen LogP contribution in [0.3, 0.4) is 0 Å². The summed E-state index contributed by atoms with van der Waals surface area (Å²) in [6, 6.07) is 3.12. The summed E-state index contributed by atoms with van der Waals surface area (Å²) in [5.41, 5.74) is 5.60. The summed E-state index contributed by atoms with van der Waals surface area (Å²) in [4.78, 5) is 28.7. The first kappa shape index (κ1) is 24.1. The highest BCUT2D eigenvalue weighted by Gasteiger charge is 2.39. The molecule has 2 heterocycles. The van der Waals surface area contributed by atoms with E-state index < -0.39 is 17.5 Å². The number of halogens is 2. The fourth-order valence-corrected chi connectivity index (χ4v) is 3.48. The zero-order valence-corrected chi connectivity index (χ0v) is 18.0. The van der Waals surface area contributed by atoms with Crippen molar-refractivity contribution in [3.8, 4) is 0 Å². The fraction of sp³-hybridized carbons (Fsp3) is 0.364. The zero-order chi connectivity index (χ0) is 23.3. The van der Waals surface area contributed by atoms with Crippen LogP contribution in [0.4, 0.5) is 8.78 Å². The van der Waals surface area contributed by atoms with Gasteiger partial charge in [-0.25, -0.2) is 8.78 Å². The lowest BCUT2D eigenvalue weighted by Crippen LogP contribution is -2.39. The smallest absolute Gasteiger partial charge is 0.274 e. The molecule has 0 bridgehead atoms. The van der Waals surface area contributed by atoms with E-state index in [0.29, 0.717) is 31.6 Å². The lowest BCUT2D eigenvalue weighted by molar-refractivity contribution is -0.127. The first-order chi connectivity index (χ1) is 14.8. The third-order valence-corrected chi connectivity index (χ3v) is 5.20. The number of allylic oxidation sites excluding steroid dienone is 2. The number of amides is 2. The Hall–Kier alpha value is -3.20. The highest BCUT2D eigenvalue weighted by Crippen LogP contribution is 2.39. The Morgan fingerprint density at radius 1 is 1.32 bits per heavy atom. The van der Waals surface area contributed by atoms with E-state index in [0.717, 1.165) is 12.1 Å². The molecule has 7 nitrogen and oxygen atoms in total. The normalized spacial score (nSPS) is 15.4. The van der Waals surface area contributed by atoms with Crippen molar-refractivity contribution in [3.05, 3.63) is 70.3 Å². The van der Waals surface area contributed by atoms with Gasteiger partial charge in [-0.2, -0.15) is 0 Å². The molecule has 2 aliphatic rings. The Morgan fingerprint density at radius 3 is 2.61 bits per heavy atom. The number of benzene rings is 1. The number of fused-ring (bicyclic) bond motifs is 1. The second-order valence-electron chi connectivity index (χ2n) is 6.99. The van der Waals surface area contributed by atoms with Gasteiger partial charge in [-0.3, -0.25) is 9.59 Å². The van der Waals surface area contributed by atoms with Gasteiger partial charge in [-0.05, 0) is 32.9 Å². The molecule has 2 aliphatic heterocycles. The minimum absolute atomic E-state index is 0.0584. The highest BCUT2D eigenvalue weighted by atomic mass is 19.1. The van der Waals surface area contributed by atoms with E-state index in [1.165, 1.54) is 18.0 Å². The van der Waals surface area contributed by atoms with Crippen LogP contribution in [0.5, 0.6) is 0 Å². The van der Waals surface area contributed by atoms with Crippen molar-refractivity contribution in [1.82, 2.24) is 15.1 Å². The summed E-state index contributed by atoms with van der Waals surface area (Å²) in [6.45, 7) is 6.44. The van der Waals surface area contributed by atoms with E-state index in [-0.39, 0.29) is 40.6 Å². The molecule has 1 fully saturated rings. The minimum atomic E-state index is -0.758. The maximum absolute atomic E-state index is 13.8. The Bertz CT molecular complexity index is 956. The van der Waals surface area contributed by atoms with E-state index in [1.807, 2.05) is 6.92 Å². The summed E-state index contributed by atoms with van der Waals surface area (Å²) in [5.74, 6) is -2.68. The molecule has 0 radical (unpaired) electrons. The topological polar surface area (TPSA) is 98.9 Å². The van der Waals surface area contributed by atoms with Crippen molar-refractivity contribution in [2.45, 2.75) is 26.3 Å². The number of hydrogen-bond acceptors (Lipinski definition) is 5. The lowest BCUT2D eigenvalue weighted by atomic mass is 9.95. The third-order valence-electron chi connectivity index (χ3n) is 5.20. The number of carbonyl (C=O) groups is 2. The number of aliphatic hydroxyl groups excluding tert-OH is 1. The van der Waals surface area contributed by atoms with Crippen LogP contribution in [0, 0.1) is 11.6 Å². The Labute approximate surface area is 180 Å². The van der Waals surface area contributed by atoms with Crippen molar-refractivity contribution >= 4 is 11.8 Å². The van der Waals surface area contributed by atoms with Crippen LogP contribution >= 0.6 is 0 Å². The number of nitrogens with zero attached hydrogens (tertiary/aromatic N) is 2. The third kappa shape index (κ3) is 4.77. The van der Waals surface area contributed by atoms with Gasteiger partial charge in [0.15, 0.2) is 5.76 Å². The predicted octanol–water partition coefficient (Wildman–Crippen LogP) is 2.32. The van der Waals surface area contributed by atoms with Crippen LogP contribution < -0.4 is 11.1 Å². The molecule has 0 aliphatic carbocycles. The van der Waals surface area contributed by atoms with E-state index in [4.69, 9.17) is 0 Å². The highest BCUT2D eigenvalue weighted by molar-refractivity contribution is 6.03. The molecule has 168 valence electrons. The molecule has 1 aromatic rings. The van der Waals surface area contributed by atoms with Crippen LogP contribution in [0.25, 0.3) is 0 Å². The summed E-state index contributed by atoms with van der Waals surface area (Å²) in [5, 5.41) is 13.2. The summed E-state index contributed by atoms with van der Waals surface area (Å²) in [7, 11) is 3.13. The van der Waals surface area contributed by atoms with Crippen molar-refractivity contribution in [2.75, 3.05) is 27.2 Å². The predicted molar refractivity (Wildman–Crippen MR) is 113 cm³/mol. The van der Waals surface area contributed by atoms with Crippen LogP contribution in [0.1, 0.15) is 25.3 Å². The maximum atomic E-state index is 13.8. The van der Waals surface area contributed by atoms with E-state index >= 15 is 0 Å². The molecular formula is C22H28F2N4O3. The Morgan fingerprint density at radius 2 is 2.00 bits per heavy atom. The Kier molecular flexibility index (Phi) is 7.93. The largest absolute Gasteiger partial charge is 0.505 e. The molecule has 0 aromatic heterocycles. The van der Waals surface area contributed by atoms with Crippen molar-refractivity contribution in [2.24, 2.45) is 5.73 Å². The van der Waals surface area contributed by atoms with Crippen LogP contribution in [-0.4, -0.2) is 53.9 Å². The van der Waals surface area contributed by atoms with Gasteiger partial charge in [0.25, 0.3) is 11.8 Å². The average Bonchev–Trinajstić information content (AvgIpc) is 3.23. The first-order valence-electron chi connectivity index (χ1n) is 9.95. The Balaban J connectivity index is 0.00000166. The van der Waals surface area contributed by atoms with Gasteiger partial charge in [0.2, 0.25) is 0 Å². The molecular weight excluding hydrogens is 406 g/mol. The average molecular weight is 434 g/mol. The number of nitrogens with one attached hydrogen (secondary N) is 1. The molecule has 1 saturated heterocycles. The van der Waals surface area contributed by atoms with Crippen LogP contribution in [0.15, 0.2) is 53.1 Å². The van der Waals surface area contributed by atoms with Gasteiger partial charge in [0.1, 0.15) is 17.3 Å².